The van der Waals surface area contributed by atoms with Gasteiger partial charge < -0.3 is 5.11 Å². The van der Waals surface area contributed by atoms with E-state index in [4.69, 9.17) is 0 Å². The lowest BCUT2D eigenvalue weighted by molar-refractivity contribution is -0.385. The first kappa shape index (κ1) is 10.5. The number of aryl methyl sites for hydroxylation is 1. The van der Waals surface area contributed by atoms with Crippen molar-refractivity contribution in [3.05, 3.63) is 33.4 Å². The van der Waals surface area contributed by atoms with Gasteiger partial charge >= 0.3 is 0 Å². The van der Waals surface area contributed by atoms with E-state index in [9.17, 15) is 15.2 Å². The first-order valence-electron chi connectivity index (χ1n) is 4.39. The Bertz CT molecular complexity index is 372. The van der Waals surface area contributed by atoms with Crippen LogP contribution in [0.3, 0.4) is 0 Å². The summed E-state index contributed by atoms with van der Waals surface area (Å²) in [6, 6.07) is 2.70. The zero-order valence-electron chi connectivity index (χ0n) is 8.40. The van der Waals surface area contributed by atoms with Crippen LogP contribution in [0.4, 0.5) is 5.69 Å². The van der Waals surface area contributed by atoms with Crippen molar-refractivity contribution in [3.8, 4) is 5.75 Å². The Kier molecular flexibility index (Phi) is 2.74. The predicted octanol–water partition coefficient (Wildman–Crippen LogP) is 2.10. The molecule has 0 saturated heterocycles. The fourth-order valence-corrected chi connectivity index (χ4v) is 1.33. The molecule has 0 aliphatic rings. The van der Waals surface area contributed by atoms with Crippen molar-refractivity contribution in [2.45, 2.75) is 26.7 Å². The van der Waals surface area contributed by atoms with Gasteiger partial charge in [-0.05, 0) is 18.4 Å². The summed E-state index contributed by atoms with van der Waals surface area (Å²) < 4.78 is 0. The average molecular weight is 194 g/mol. The van der Waals surface area contributed by atoms with Gasteiger partial charge in [-0.3, -0.25) is 10.1 Å². The monoisotopic (exact) mass is 194 g/mol. The second-order valence-electron chi connectivity index (χ2n) is 3.59. The summed E-state index contributed by atoms with van der Waals surface area (Å²) >= 11 is 0. The maximum atomic E-state index is 11.4. The molecule has 0 spiro atoms. The van der Waals surface area contributed by atoms with Crippen LogP contribution in [0.15, 0.2) is 12.1 Å². The van der Waals surface area contributed by atoms with Gasteiger partial charge in [-0.15, -0.1) is 5.75 Å². The summed E-state index contributed by atoms with van der Waals surface area (Å²) in [4.78, 5) is 10.2. The molecule has 0 amide bonds. The summed E-state index contributed by atoms with van der Waals surface area (Å²) in [5.41, 5.74) is 0.944. The van der Waals surface area contributed by atoms with E-state index in [-0.39, 0.29) is 17.4 Å². The van der Waals surface area contributed by atoms with Gasteiger partial charge in [-0.25, -0.2) is 0 Å². The maximum Gasteiger partial charge on any atom is 0.272 e. The van der Waals surface area contributed by atoms with Crippen molar-refractivity contribution >= 4 is 5.69 Å². The summed E-state index contributed by atoms with van der Waals surface area (Å²) in [5, 5.41) is 22.0. The summed E-state index contributed by atoms with van der Waals surface area (Å²) in [6.07, 6.45) is 0. The molecular weight excluding hydrogens is 182 g/mol. The molecule has 0 bridgehead atoms. The minimum Gasteiger partial charge on any atom is -0.872 e. The highest BCUT2D eigenvalue weighted by molar-refractivity contribution is 5.49. The second kappa shape index (κ2) is 3.65. The molecule has 76 valence electrons. The molecule has 1 aromatic rings. The molecule has 0 aromatic heterocycles. The predicted molar refractivity (Wildman–Crippen MR) is 51.4 cm³/mol. The Hall–Kier alpha value is -1.58. The SMILES string of the molecule is Cc1cc([O-])c(C(C)C)cc1[N+](=O)[O-]. The summed E-state index contributed by atoms with van der Waals surface area (Å²) in [6.45, 7) is 5.26. The number of rotatable bonds is 2. The number of hydrogen-bond donors (Lipinski definition) is 0. The lowest BCUT2D eigenvalue weighted by Crippen LogP contribution is -2.02. The number of hydrogen-bond acceptors (Lipinski definition) is 3. The molecule has 0 atom stereocenters. The van der Waals surface area contributed by atoms with Gasteiger partial charge in [0.25, 0.3) is 5.69 Å². The fourth-order valence-electron chi connectivity index (χ4n) is 1.33. The van der Waals surface area contributed by atoms with Crippen molar-refractivity contribution in [2.75, 3.05) is 0 Å². The van der Waals surface area contributed by atoms with Crippen molar-refractivity contribution in [2.24, 2.45) is 0 Å². The van der Waals surface area contributed by atoms with Crippen LogP contribution in [-0.4, -0.2) is 4.92 Å². The zero-order chi connectivity index (χ0) is 10.9. The molecule has 0 aliphatic heterocycles. The maximum absolute atomic E-state index is 11.4. The lowest BCUT2D eigenvalue weighted by atomic mass is 9.99. The molecule has 14 heavy (non-hydrogen) atoms. The Morgan fingerprint density at radius 3 is 2.36 bits per heavy atom. The highest BCUT2D eigenvalue weighted by atomic mass is 16.6. The van der Waals surface area contributed by atoms with Gasteiger partial charge in [0.2, 0.25) is 0 Å². The van der Waals surface area contributed by atoms with Crippen LogP contribution in [0.1, 0.15) is 30.9 Å². The number of nitro benzene ring substituents is 1. The molecule has 4 heteroatoms. The van der Waals surface area contributed by atoms with E-state index < -0.39 is 4.92 Å². The third-order valence-electron chi connectivity index (χ3n) is 2.15. The molecule has 0 N–H and O–H groups in total. The molecule has 0 saturated carbocycles. The summed E-state index contributed by atoms with van der Waals surface area (Å²) in [5.74, 6) is -0.107. The molecule has 0 fully saturated rings. The van der Waals surface area contributed by atoms with Crippen molar-refractivity contribution < 1.29 is 10.0 Å². The molecule has 1 aromatic carbocycles. The number of nitro groups is 1. The minimum atomic E-state index is -0.458. The van der Waals surface area contributed by atoms with Crippen LogP contribution in [0.5, 0.6) is 5.75 Å². The van der Waals surface area contributed by atoms with Gasteiger partial charge in [0.05, 0.1) is 4.92 Å². The quantitative estimate of drug-likeness (QED) is 0.534. The van der Waals surface area contributed by atoms with Crippen LogP contribution < -0.4 is 5.11 Å². The molecular formula is C10H12NO3-. The highest BCUT2D eigenvalue weighted by Gasteiger charge is 2.13. The largest absolute Gasteiger partial charge is 0.872 e. The first-order chi connectivity index (χ1) is 6.43. The van der Waals surface area contributed by atoms with Crippen LogP contribution in [0.2, 0.25) is 0 Å². The van der Waals surface area contributed by atoms with E-state index in [0.717, 1.165) is 0 Å². The van der Waals surface area contributed by atoms with Gasteiger partial charge in [0.1, 0.15) is 0 Å². The van der Waals surface area contributed by atoms with E-state index in [1.165, 1.54) is 12.1 Å². The van der Waals surface area contributed by atoms with E-state index in [2.05, 4.69) is 0 Å². The Morgan fingerprint density at radius 2 is 1.93 bits per heavy atom. The van der Waals surface area contributed by atoms with Gasteiger partial charge in [0, 0.05) is 11.6 Å². The average Bonchev–Trinajstić information content (AvgIpc) is 2.02. The van der Waals surface area contributed by atoms with Crippen LogP contribution in [0, 0.1) is 17.0 Å². The molecule has 0 heterocycles. The molecule has 4 nitrogen and oxygen atoms in total. The van der Waals surface area contributed by atoms with E-state index >= 15 is 0 Å². The van der Waals surface area contributed by atoms with Gasteiger partial charge in [-0.2, -0.15) is 0 Å². The second-order valence-corrected chi connectivity index (χ2v) is 3.59. The molecule has 0 aliphatic carbocycles. The minimum absolute atomic E-state index is 0.0156. The molecule has 1 rings (SSSR count). The third kappa shape index (κ3) is 1.84. The molecule has 0 unspecified atom stereocenters. The van der Waals surface area contributed by atoms with Crippen molar-refractivity contribution in [3.63, 3.8) is 0 Å². The number of nitrogens with zero attached hydrogens (tertiary/aromatic N) is 1. The third-order valence-corrected chi connectivity index (χ3v) is 2.15. The lowest BCUT2D eigenvalue weighted by Gasteiger charge is -2.17. The Morgan fingerprint density at radius 1 is 1.36 bits per heavy atom. The smallest absolute Gasteiger partial charge is 0.272 e. The highest BCUT2D eigenvalue weighted by Crippen LogP contribution is 2.30. The van der Waals surface area contributed by atoms with Gasteiger partial charge in [0.15, 0.2) is 0 Å². The first-order valence-corrected chi connectivity index (χ1v) is 4.39. The van der Waals surface area contributed by atoms with Crippen LogP contribution in [0.25, 0.3) is 0 Å². The number of benzene rings is 1. The van der Waals surface area contributed by atoms with E-state index in [0.29, 0.717) is 11.1 Å². The Labute approximate surface area is 82.3 Å². The van der Waals surface area contributed by atoms with Gasteiger partial charge in [-0.1, -0.05) is 19.9 Å². The van der Waals surface area contributed by atoms with Crippen LogP contribution >= 0.6 is 0 Å². The zero-order valence-corrected chi connectivity index (χ0v) is 8.40. The van der Waals surface area contributed by atoms with E-state index in [1.807, 2.05) is 13.8 Å². The van der Waals surface area contributed by atoms with Crippen molar-refractivity contribution in [1.29, 1.82) is 0 Å². The standard InChI is InChI=1S/C10H13NO3/c1-6(2)8-5-9(11(13)14)7(3)4-10(8)12/h4-6,12H,1-3H3/p-1. The summed E-state index contributed by atoms with van der Waals surface area (Å²) in [7, 11) is 0. The van der Waals surface area contributed by atoms with Crippen LogP contribution in [-0.2, 0) is 0 Å². The molecule has 0 radical (unpaired) electrons. The van der Waals surface area contributed by atoms with E-state index in [1.54, 1.807) is 6.92 Å². The topological polar surface area (TPSA) is 66.2 Å². The van der Waals surface area contributed by atoms with Crippen molar-refractivity contribution in [1.82, 2.24) is 0 Å². The fraction of sp³-hybridized carbons (Fsp3) is 0.400. The Balaban J connectivity index is 3.34. The normalized spacial score (nSPS) is 10.6.